The number of halogens is 3. The van der Waals surface area contributed by atoms with Gasteiger partial charge in [-0.15, -0.1) is 0 Å². The van der Waals surface area contributed by atoms with Gasteiger partial charge >= 0.3 is 0 Å². The highest BCUT2D eigenvalue weighted by Gasteiger charge is 2.15. The number of hydrogen-bond donors (Lipinski definition) is 2. The molecule has 2 aromatic rings. The Morgan fingerprint density at radius 1 is 1.24 bits per heavy atom. The molecule has 0 radical (unpaired) electrons. The van der Waals surface area contributed by atoms with E-state index in [4.69, 9.17) is 40.5 Å². The fourth-order valence-corrected chi connectivity index (χ4v) is 2.65. The second-order valence-corrected chi connectivity index (χ2v) is 5.70. The summed E-state index contributed by atoms with van der Waals surface area (Å²) in [5, 5.41) is 4.01. The normalized spacial score (nSPS) is 12.0. The van der Waals surface area contributed by atoms with Crippen LogP contribution in [0, 0.1) is 0 Å². The minimum atomic E-state index is -0.315. The number of anilines is 1. The van der Waals surface area contributed by atoms with Gasteiger partial charge in [0.25, 0.3) is 5.91 Å². The fraction of sp³-hybridized carbons (Fsp3) is 0.143. The first kappa shape index (κ1) is 15.9. The average Bonchev–Trinajstić information content (AvgIpc) is 2.37. The highest BCUT2D eigenvalue weighted by molar-refractivity contribution is 6.35. The third kappa shape index (κ3) is 4.00. The molecular weight excluding hydrogens is 333 g/mol. The largest absolute Gasteiger partial charge is 0.384 e. The Balaban J connectivity index is 2.18. The van der Waals surface area contributed by atoms with Crippen LogP contribution in [-0.4, -0.2) is 10.9 Å². The zero-order chi connectivity index (χ0) is 15.6. The van der Waals surface area contributed by atoms with Crippen LogP contribution in [0.4, 0.5) is 5.82 Å². The van der Waals surface area contributed by atoms with Gasteiger partial charge in [0, 0.05) is 15.6 Å². The first-order valence-electron chi connectivity index (χ1n) is 6.05. The molecule has 1 amide bonds. The standard InChI is InChI=1S/C14H12Cl3N3O/c1-7(10-3-2-9(15)6-11(10)16)19-14(21)8-4-12(17)20-13(18)5-8/h2-7H,1H3,(H2,18,20)(H,19,21). The summed E-state index contributed by atoms with van der Waals surface area (Å²) in [5.41, 5.74) is 6.67. The van der Waals surface area contributed by atoms with Crippen molar-refractivity contribution in [1.29, 1.82) is 0 Å². The lowest BCUT2D eigenvalue weighted by Crippen LogP contribution is -2.27. The molecule has 0 saturated heterocycles. The molecule has 0 aliphatic rings. The zero-order valence-corrected chi connectivity index (χ0v) is 13.3. The lowest BCUT2D eigenvalue weighted by Gasteiger charge is -2.16. The van der Waals surface area contributed by atoms with Crippen LogP contribution in [0.25, 0.3) is 0 Å². The molecule has 1 atom stereocenters. The van der Waals surface area contributed by atoms with Gasteiger partial charge in [-0.25, -0.2) is 4.98 Å². The molecular formula is C14H12Cl3N3O. The van der Waals surface area contributed by atoms with E-state index >= 15 is 0 Å². The van der Waals surface area contributed by atoms with E-state index in [9.17, 15) is 4.79 Å². The molecule has 0 aliphatic carbocycles. The van der Waals surface area contributed by atoms with Crippen LogP contribution in [0.5, 0.6) is 0 Å². The van der Waals surface area contributed by atoms with Gasteiger partial charge in [0.2, 0.25) is 0 Å². The highest BCUT2D eigenvalue weighted by atomic mass is 35.5. The smallest absolute Gasteiger partial charge is 0.251 e. The summed E-state index contributed by atoms with van der Waals surface area (Å²) in [6.07, 6.45) is 0. The number of benzene rings is 1. The monoisotopic (exact) mass is 343 g/mol. The van der Waals surface area contributed by atoms with E-state index in [1.54, 1.807) is 18.2 Å². The van der Waals surface area contributed by atoms with Crippen molar-refractivity contribution in [2.75, 3.05) is 5.73 Å². The average molecular weight is 345 g/mol. The number of hydrogen-bond acceptors (Lipinski definition) is 3. The molecule has 3 N–H and O–H groups in total. The van der Waals surface area contributed by atoms with Gasteiger partial charge in [0.1, 0.15) is 11.0 Å². The summed E-state index contributed by atoms with van der Waals surface area (Å²) in [6, 6.07) is 7.72. The number of carbonyl (C=O) groups excluding carboxylic acids is 1. The maximum absolute atomic E-state index is 12.2. The van der Waals surface area contributed by atoms with Crippen molar-refractivity contribution in [2.24, 2.45) is 0 Å². The number of aromatic nitrogens is 1. The second-order valence-electron chi connectivity index (χ2n) is 4.46. The van der Waals surface area contributed by atoms with E-state index in [1.807, 2.05) is 6.92 Å². The van der Waals surface area contributed by atoms with Gasteiger partial charge in [-0.1, -0.05) is 40.9 Å². The Labute approximate surface area is 137 Å². The molecule has 1 unspecified atom stereocenters. The van der Waals surface area contributed by atoms with Crippen LogP contribution >= 0.6 is 34.8 Å². The zero-order valence-electron chi connectivity index (χ0n) is 11.0. The summed E-state index contributed by atoms with van der Waals surface area (Å²) in [7, 11) is 0. The predicted molar refractivity (Wildman–Crippen MR) is 86.0 cm³/mol. The topological polar surface area (TPSA) is 68.0 Å². The number of pyridine rings is 1. The Hall–Kier alpha value is -1.49. The summed E-state index contributed by atoms with van der Waals surface area (Å²) >= 11 is 17.8. The van der Waals surface area contributed by atoms with Crippen LogP contribution in [0.2, 0.25) is 15.2 Å². The Morgan fingerprint density at radius 3 is 2.57 bits per heavy atom. The summed E-state index contributed by atoms with van der Waals surface area (Å²) in [5.74, 6) is -0.130. The lowest BCUT2D eigenvalue weighted by molar-refractivity contribution is 0.0940. The molecule has 110 valence electrons. The van der Waals surface area contributed by atoms with Crippen molar-refractivity contribution in [3.8, 4) is 0 Å². The van der Waals surface area contributed by atoms with Gasteiger partial charge in [-0.05, 0) is 36.8 Å². The molecule has 0 fully saturated rings. The van der Waals surface area contributed by atoms with Gasteiger partial charge in [-0.3, -0.25) is 4.79 Å². The van der Waals surface area contributed by atoms with Crippen molar-refractivity contribution in [3.05, 3.63) is 56.7 Å². The molecule has 1 aromatic heterocycles. The van der Waals surface area contributed by atoms with Gasteiger partial charge in [0.05, 0.1) is 6.04 Å². The first-order valence-corrected chi connectivity index (χ1v) is 7.19. The minimum absolute atomic E-state index is 0.164. The van der Waals surface area contributed by atoms with Crippen LogP contribution in [0.15, 0.2) is 30.3 Å². The van der Waals surface area contributed by atoms with Crippen LogP contribution in [0.1, 0.15) is 28.9 Å². The molecule has 7 heteroatoms. The van der Waals surface area contributed by atoms with Crippen molar-refractivity contribution >= 4 is 46.5 Å². The van der Waals surface area contributed by atoms with Gasteiger partial charge in [0.15, 0.2) is 0 Å². The molecule has 1 heterocycles. The lowest BCUT2D eigenvalue weighted by atomic mass is 10.1. The maximum atomic E-state index is 12.2. The van der Waals surface area contributed by atoms with Crippen molar-refractivity contribution in [3.63, 3.8) is 0 Å². The van der Waals surface area contributed by atoms with E-state index < -0.39 is 0 Å². The van der Waals surface area contributed by atoms with Gasteiger partial charge < -0.3 is 11.1 Å². The fourth-order valence-electron chi connectivity index (χ4n) is 1.86. The molecule has 21 heavy (non-hydrogen) atoms. The van der Waals surface area contributed by atoms with Crippen LogP contribution < -0.4 is 11.1 Å². The van der Waals surface area contributed by atoms with Crippen LogP contribution in [-0.2, 0) is 0 Å². The van der Waals surface area contributed by atoms with E-state index in [0.717, 1.165) is 5.56 Å². The van der Waals surface area contributed by atoms with E-state index in [0.29, 0.717) is 15.6 Å². The summed E-state index contributed by atoms with van der Waals surface area (Å²) in [6.45, 7) is 1.82. The van der Waals surface area contributed by atoms with Gasteiger partial charge in [-0.2, -0.15) is 0 Å². The Bertz CT molecular complexity index is 671. The van der Waals surface area contributed by atoms with Crippen molar-refractivity contribution < 1.29 is 4.79 Å². The molecule has 4 nitrogen and oxygen atoms in total. The third-order valence-electron chi connectivity index (χ3n) is 2.85. The molecule has 2 rings (SSSR count). The molecule has 1 aromatic carbocycles. The van der Waals surface area contributed by atoms with Crippen LogP contribution in [0.3, 0.4) is 0 Å². The second kappa shape index (κ2) is 6.52. The number of rotatable bonds is 3. The minimum Gasteiger partial charge on any atom is -0.384 e. The molecule has 0 aliphatic heterocycles. The summed E-state index contributed by atoms with van der Waals surface area (Å²) < 4.78 is 0. The SMILES string of the molecule is CC(NC(=O)c1cc(N)nc(Cl)c1)c1ccc(Cl)cc1Cl. The number of nitrogens with zero attached hydrogens (tertiary/aromatic N) is 1. The molecule has 0 saturated carbocycles. The Kier molecular flexibility index (Phi) is 4.93. The number of nitrogen functional groups attached to an aromatic ring is 1. The number of carbonyl (C=O) groups is 1. The third-order valence-corrected chi connectivity index (χ3v) is 3.61. The molecule has 0 spiro atoms. The molecule has 0 bridgehead atoms. The predicted octanol–water partition coefficient (Wildman–Crippen LogP) is 4.12. The van der Waals surface area contributed by atoms with E-state index in [2.05, 4.69) is 10.3 Å². The van der Waals surface area contributed by atoms with Crippen molar-refractivity contribution in [2.45, 2.75) is 13.0 Å². The highest BCUT2D eigenvalue weighted by Crippen LogP contribution is 2.26. The Morgan fingerprint density at radius 2 is 1.95 bits per heavy atom. The number of amides is 1. The van der Waals surface area contributed by atoms with Crippen molar-refractivity contribution in [1.82, 2.24) is 10.3 Å². The van der Waals surface area contributed by atoms with E-state index in [1.165, 1.54) is 12.1 Å². The number of nitrogens with one attached hydrogen (secondary N) is 1. The quantitative estimate of drug-likeness (QED) is 0.823. The first-order chi connectivity index (χ1) is 9.86. The van der Waals surface area contributed by atoms with E-state index in [-0.39, 0.29) is 22.9 Å². The summed E-state index contributed by atoms with van der Waals surface area (Å²) in [4.78, 5) is 16.0. The maximum Gasteiger partial charge on any atom is 0.251 e. The number of nitrogens with two attached hydrogens (primary N) is 1.